The van der Waals surface area contributed by atoms with Crippen molar-refractivity contribution in [1.82, 2.24) is 9.38 Å². The molecule has 4 nitrogen and oxygen atoms in total. The largest absolute Gasteiger partial charge is 0.357 e. The van der Waals surface area contributed by atoms with Crippen LogP contribution < -0.4 is 4.90 Å². The molecule has 2 aromatic heterocycles. The Hall–Kier alpha value is -2.02. The van der Waals surface area contributed by atoms with Crippen LogP contribution in [0, 0.1) is 11.3 Å². The van der Waals surface area contributed by atoms with E-state index in [9.17, 15) is 0 Å². The van der Waals surface area contributed by atoms with Crippen molar-refractivity contribution in [2.45, 2.75) is 13.3 Å². The lowest BCUT2D eigenvalue weighted by Crippen LogP contribution is -2.25. The standard InChI is InChI=1S/C12H14N4/c1-2-15(9-4-7-13)12-6-3-5-11-14-8-10-16(11)12/h3,5-6,8,10H,2,4,9H2,1H3. The van der Waals surface area contributed by atoms with Crippen LogP contribution in [0.4, 0.5) is 5.82 Å². The van der Waals surface area contributed by atoms with Gasteiger partial charge in [-0.2, -0.15) is 5.26 Å². The van der Waals surface area contributed by atoms with E-state index in [1.807, 2.05) is 22.7 Å². The van der Waals surface area contributed by atoms with Crippen molar-refractivity contribution in [3.8, 4) is 6.07 Å². The van der Waals surface area contributed by atoms with E-state index in [0.29, 0.717) is 6.42 Å². The summed E-state index contributed by atoms with van der Waals surface area (Å²) in [6, 6.07) is 8.20. The normalized spacial score (nSPS) is 10.2. The summed E-state index contributed by atoms with van der Waals surface area (Å²) in [5.41, 5.74) is 0.938. The van der Waals surface area contributed by atoms with Crippen molar-refractivity contribution in [3.63, 3.8) is 0 Å². The highest BCUT2D eigenvalue weighted by Gasteiger charge is 2.07. The number of imidazole rings is 1. The van der Waals surface area contributed by atoms with E-state index in [0.717, 1.165) is 24.6 Å². The monoisotopic (exact) mass is 214 g/mol. The molecule has 0 saturated carbocycles. The van der Waals surface area contributed by atoms with E-state index in [2.05, 4.69) is 28.9 Å². The summed E-state index contributed by atoms with van der Waals surface area (Å²) in [7, 11) is 0. The zero-order chi connectivity index (χ0) is 11.4. The first-order valence-electron chi connectivity index (χ1n) is 5.40. The maximum atomic E-state index is 8.64. The van der Waals surface area contributed by atoms with Gasteiger partial charge >= 0.3 is 0 Å². The molecule has 0 amide bonds. The molecule has 82 valence electrons. The van der Waals surface area contributed by atoms with Crippen LogP contribution >= 0.6 is 0 Å². The minimum absolute atomic E-state index is 0.541. The second-order valence-electron chi connectivity index (χ2n) is 3.53. The van der Waals surface area contributed by atoms with Gasteiger partial charge in [-0.3, -0.25) is 4.40 Å². The fourth-order valence-electron chi connectivity index (χ4n) is 1.81. The van der Waals surface area contributed by atoms with E-state index in [1.165, 1.54) is 0 Å². The first kappa shape index (κ1) is 10.5. The molecule has 0 N–H and O–H groups in total. The van der Waals surface area contributed by atoms with Gasteiger partial charge in [-0.05, 0) is 19.1 Å². The summed E-state index contributed by atoms with van der Waals surface area (Å²) in [6.07, 6.45) is 4.27. The zero-order valence-corrected chi connectivity index (χ0v) is 9.30. The summed E-state index contributed by atoms with van der Waals surface area (Å²) < 4.78 is 2.04. The summed E-state index contributed by atoms with van der Waals surface area (Å²) >= 11 is 0. The number of aromatic nitrogens is 2. The molecule has 4 heteroatoms. The first-order chi connectivity index (χ1) is 7.86. The Kier molecular flexibility index (Phi) is 3.06. The van der Waals surface area contributed by atoms with Gasteiger partial charge in [0, 0.05) is 25.5 Å². The lowest BCUT2D eigenvalue weighted by atomic mass is 10.3. The summed E-state index contributed by atoms with van der Waals surface area (Å²) in [5.74, 6) is 1.09. The van der Waals surface area contributed by atoms with Crippen molar-refractivity contribution in [2.75, 3.05) is 18.0 Å². The van der Waals surface area contributed by atoms with Gasteiger partial charge in [-0.1, -0.05) is 6.07 Å². The van der Waals surface area contributed by atoms with Crippen LogP contribution in [0.2, 0.25) is 0 Å². The number of hydrogen-bond donors (Lipinski definition) is 0. The third-order valence-corrected chi connectivity index (χ3v) is 2.61. The number of anilines is 1. The average Bonchev–Trinajstić information content (AvgIpc) is 2.78. The van der Waals surface area contributed by atoms with Gasteiger partial charge in [-0.25, -0.2) is 4.98 Å². The number of nitrogens with zero attached hydrogens (tertiary/aromatic N) is 4. The first-order valence-corrected chi connectivity index (χ1v) is 5.40. The third-order valence-electron chi connectivity index (χ3n) is 2.61. The summed E-state index contributed by atoms with van der Waals surface area (Å²) in [4.78, 5) is 6.43. The van der Waals surface area contributed by atoms with Crippen LogP contribution in [0.15, 0.2) is 30.6 Å². The minimum atomic E-state index is 0.541. The van der Waals surface area contributed by atoms with E-state index < -0.39 is 0 Å². The molecule has 0 aliphatic carbocycles. The predicted octanol–water partition coefficient (Wildman–Crippen LogP) is 2.07. The number of nitriles is 1. The van der Waals surface area contributed by atoms with Gasteiger partial charge in [0.2, 0.25) is 0 Å². The molecule has 0 atom stereocenters. The molecule has 0 saturated heterocycles. The van der Waals surface area contributed by atoms with Crippen LogP contribution in [0.25, 0.3) is 5.65 Å². The van der Waals surface area contributed by atoms with E-state index in [-0.39, 0.29) is 0 Å². The fourth-order valence-corrected chi connectivity index (χ4v) is 1.81. The number of fused-ring (bicyclic) bond motifs is 1. The molecule has 0 aliphatic rings. The molecule has 0 aromatic carbocycles. The smallest absolute Gasteiger partial charge is 0.138 e. The number of pyridine rings is 1. The second kappa shape index (κ2) is 4.67. The maximum Gasteiger partial charge on any atom is 0.138 e. The zero-order valence-electron chi connectivity index (χ0n) is 9.30. The molecule has 16 heavy (non-hydrogen) atoms. The summed E-state index contributed by atoms with van der Waals surface area (Å²) in [6.45, 7) is 3.73. The van der Waals surface area contributed by atoms with Crippen molar-refractivity contribution in [1.29, 1.82) is 5.26 Å². The van der Waals surface area contributed by atoms with Crippen molar-refractivity contribution in [3.05, 3.63) is 30.6 Å². The van der Waals surface area contributed by atoms with Gasteiger partial charge in [0.05, 0.1) is 12.5 Å². The molecule has 2 aromatic rings. The lowest BCUT2D eigenvalue weighted by molar-refractivity contribution is 0.802. The SMILES string of the molecule is CCN(CCC#N)c1cccc2nccn12. The third kappa shape index (κ3) is 1.84. The van der Waals surface area contributed by atoms with Crippen molar-refractivity contribution < 1.29 is 0 Å². The number of hydrogen-bond acceptors (Lipinski definition) is 3. The Morgan fingerprint density at radius 2 is 2.38 bits per heavy atom. The van der Waals surface area contributed by atoms with Gasteiger partial charge < -0.3 is 4.90 Å². The molecule has 0 radical (unpaired) electrons. The Morgan fingerprint density at radius 3 is 3.12 bits per heavy atom. The lowest BCUT2D eigenvalue weighted by Gasteiger charge is -2.22. The summed E-state index contributed by atoms with van der Waals surface area (Å²) in [5, 5.41) is 8.64. The van der Waals surface area contributed by atoms with Gasteiger partial charge in [0.1, 0.15) is 11.5 Å². The van der Waals surface area contributed by atoms with Gasteiger partial charge in [-0.15, -0.1) is 0 Å². The quantitative estimate of drug-likeness (QED) is 0.782. The molecule has 0 fully saturated rings. The van der Waals surface area contributed by atoms with E-state index in [1.54, 1.807) is 6.20 Å². The molecule has 0 spiro atoms. The Bertz CT molecular complexity index is 509. The maximum absolute atomic E-state index is 8.64. The van der Waals surface area contributed by atoms with E-state index in [4.69, 9.17) is 5.26 Å². The minimum Gasteiger partial charge on any atom is -0.357 e. The van der Waals surface area contributed by atoms with E-state index >= 15 is 0 Å². The molecule has 0 bridgehead atoms. The molecule has 0 unspecified atom stereocenters. The number of rotatable bonds is 4. The molecule has 2 heterocycles. The highest BCUT2D eigenvalue weighted by Crippen LogP contribution is 2.16. The molecular formula is C12H14N4. The Morgan fingerprint density at radius 1 is 1.50 bits per heavy atom. The predicted molar refractivity (Wildman–Crippen MR) is 63.3 cm³/mol. The van der Waals surface area contributed by atoms with Crippen molar-refractivity contribution >= 4 is 11.5 Å². The molecule has 2 rings (SSSR count). The second-order valence-corrected chi connectivity index (χ2v) is 3.53. The van der Waals surface area contributed by atoms with Crippen LogP contribution in [0.3, 0.4) is 0 Å². The fraction of sp³-hybridized carbons (Fsp3) is 0.333. The molecular weight excluding hydrogens is 200 g/mol. The van der Waals surface area contributed by atoms with Gasteiger partial charge in [0.25, 0.3) is 0 Å². The van der Waals surface area contributed by atoms with Crippen LogP contribution in [-0.4, -0.2) is 22.5 Å². The van der Waals surface area contributed by atoms with Crippen molar-refractivity contribution in [2.24, 2.45) is 0 Å². The van der Waals surface area contributed by atoms with Crippen LogP contribution in [0.1, 0.15) is 13.3 Å². The average molecular weight is 214 g/mol. The Balaban J connectivity index is 2.37. The van der Waals surface area contributed by atoms with Gasteiger partial charge in [0.15, 0.2) is 0 Å². The molecule has 0 aliphatic heterocycles. The highest BCUT2D eigenvalue weighted by molar-refractivity contribution is 5.51. The van der Waals surface area contributed by atoms with Crippen LogP contribution in [0.5, 0.6) is 0 Å². The topological polar surface area (TPSA) is 44.3 Å². The van der Waals surface area contributed by atoms with Crippen LogP contribution in [-0.2, 0) is 0 Å². The Labute approximate surface area is 94.7 Å². The highest BCUT2D eigenvalue weighted by atomic mass is 15.2.